The number of rotatable bonds is 0. The largest absolute Gasteiger partial charge is 0.379 e. The van der Waals surface area contributed by atoms with Gasteiger partial charge in [0.15, 0.2) is 0 Å². The van der Waals surface area contributed by atoms with Crippen molar-refractivity contribution < 1.29 is 9.47 Å². The second-order valence-corrected chi connectivity index (χ2v) is 3.52. The molecule has 0 unspecified atom stereocenters. The molecule has 2 fully saturated rings. The number of hydrogen-bond acceptors (Lipinski definition) is 3. The van der Waals surface area contributed by atoms with Crippen LogP contribution in [-0.4, -0.2) is 39.5 Å². The van der Waals surface area contributed by atoms with E-state index in [0.29, 0.717) is 5.41 Å². The summed E-state index contributed by atoms with van der Waals surface area (Å²) in [6.07, 6.45) is 1.15. The van der Waals surface area contributed by atoms with Gasteiger partial charge in [-0.05, 0) is 6.42 Å². The van der Waals surface area contributed by atoms with E-state index in [4.69, 9.17) is 9.47 Å². The van der Waals surface area contributed by atoms with Gasteiger partial charge in [-0.2, -0.15) is 0 Å². The van der Waals surface area contributed by atoms with Gasteiger partial charge < -0.3 is 14.8 Å². The zero-order chi connectivity index (χ0) is 7.57. The minimum atomic E-state index is 0.417. The Morgan fingerprint density at radius 2 is 1.82 bits per heavy atom. The van der Waals surface area contributed by atoms with E-state index in [-0.39, 0.29) is 0 Å². The summed E-state index contributed by atoms with van der Waals surface area (Å²) in [5.41, 5.74) is 0.417. The Balaban J connectivity index is 1.86. The summed E-state index contributed by atoms with van der Waals surface area (Å²) in [7, 11) is 0. The maximum absolute atomic E-state index is 5.47. The molecular weight excluding hydrogens is 142 g/mol. The lowest BCUT2D eigenvalue weighted by molar-refractivity contribution is -0.0606. The predicted octanol–water partition coefficient (Wildman–Crippen LogP) is 0.0129. The first-order valence-electron chi connectivity index (χ1n) is 4.28. The molecule has 0 aromatic heterocycles. The average Bonchev–Trinajstić information content (AvgIpc) is 1.82. The van der Waals surface area contributed by atoms with E-state index in [9.17, 15) is 0 Å². The summed E-state index contributed by atoms with van der Waals surface area (Å²) in [6.45, 7) is 5.58. The monoisotopic (exact) mass is 157 g/mol. The summed E-state index contributed by atoms with van der Waals surface area (Å²) in [4.78, 5) is 0. The Labute approximate surface area is 67.1 Å². The second-order valence-electron chi connectivity index (χ2n) is 3.52. The van der Waals surface area contributed by atoms with Gasteiger partial charge in [-0.15, -0.1) is 0 Å². The minimum Gasteiger partial charge on any atom is -0.379 e. The van der Waals surface area contributed by atoms with Crippen molar-refractivity contribution in [2.45, 2.75) is 6.42 Å². The maximum atomic E-state index is 5.47. The highest BCUT2D eigenvalue weighted by Gasteiger charge is 2.37. The van der Waals surface area contributed by atoms with Crippen LogP contribution in [0.15, 0.2) is 0 Å². The Bertz CT molecular complexity index is 124. The Morgan fingerprint density at radius 1 is 1.00 bits per heavy atom. The molecule has 64 valence electrons. The second kappa shape index (κ2) is 3.09. The van der Waals surface area contributed by atoms with Crippen molar-refractivity contribution in [3.05, 3.63) is 0 Å². The smallest absolute Gasteiger partial charge is 0.0700 e. The van der Waals surface area contributed by atoms with Gasteiger partial charge in [0, 0.05) is 25.1 Å². The van der Waals surface area contributed by atoms with Gasteiger partial charge in [0.25, 0.3) is 0 Å². The molecule has 2 aliphatic heterocycles. The van der Waals surface area contributed by atoms with Gasteiger partial charge in [0.2, 0.25) is 0 Å². The lowest BCUT2D eigenvalue weighted by atomic mass is 9.79. The molecule has 0 amide bonds. The highest BCUT2D eigenvalue weighted by atomic mass is 16.5. The molecule has 2 heterocycles. The van der Waals surface area contributed by atoms with Gasteiger partial charge in [0.05, 0.1) is 19.8 Å². The van der Waals surface area contributed by atoms with Crippen LogP contribution in [0.1, 0.15) is 6.42 Å². The van der Waals surface area contributed by atoms with Crippen molar-refractivity contribution in [2.75, 3.05) is 39.5 Å². The van der Waals surface area contributed by atoms with E-state index in [1.54, 1.807) is 0 Å². The molecular formula is C8H15NO2. The van der Waals surface area contributed by atoms with Crippen LogP contribution in [0, 0.1) is 5.41 Å². The third-order valence-corrected chi connectivity index (χ3v) is 2.56. The van der Waals surface area contributed by atoms with E-state index in [2.05, 4.69) is 5.32 Å². The van der Waals surface area contributed by atoms with Crippen molar-refractivity contribution in [1.29, 1.82) is 0 Å². The summed E-state index contributed by atoms with van der Waals surface area (Å²) in [5.74, 6) is 0. The molecule has 3 heteroatoms. The van der Waals surface area contributed by atoms with Crippen LogP contribution in [0.3, 0.4) is 0 Å². The van der Waals surface area contributed by atoms with Gasteiger partial charge in [-0.1, -0.05) is 0 Å². The van der Waals surface area contributed by atoms with Crippen LogP contribution in [0.4, 0.5) is 0 Å². The fourth-order valence-corrected chi connectivity index (χ4v) is 1.63. The standard InChI is InChI=1S/C8H15NO2/c1-2-10-3-4-11-7-8(1)5-9-6-8/h9H,1-7H2. The highest BCUT2D eigenvalue weighted by molar-refractivity contribution is 4.92. The SMILES string of the molecule is C1COCC2(CCO1)CNC2. The fourth-order valence-electron chi connectivity index (χ4n) is 1.63. The zero-order valence-electron chi connectivity index (χ0n) is 6.77. The highest BCUT2D eigenvalue weighted by Crippen LogP contribution is 2.28. The normalized spacial score (nSPS) is 30.5. The first-order valence-corrected chi connectivity index (χ1v) is 4.28. The van der Waals surface area contributed by atoms with Crippen LogP contribution >= 0.6 is 0 Å². The molecule has 0 aromatic carbocycles. The number of ether oxygens (including phenoxy) is 2. The molecule has 2 saturated heterocycles. The zero-order valence-corrected chi connectivity index (χ0v) is 6.77. The van der Waals surface area contributed by atoms with Crippen LogP contribution in [0.2, 0.25) is 0 Å². The van der Waals surface area contributed by atoms with Gasteiger partial charge in [-0.3, -0.25) is 0 Å². The lowest BCUT2D eigenvalue weighted by Crippen LogP contribution is -2.57. The van der Waals surface area contributed by atoms with Crippen LogP contribution in [0.25, 0.3) is 0 Å². The molecule has 2 aliphatic rings. The van der Waals surface area contributed by atoms with E-state index in [0.717, 1.165) is 45.9 Å². The number of nitrogens with one attached hydrogen (secondary N) is 1. The van der Waals surface area contributed by atoms with Crippen molar-refractivity contribution in [1.82, 2.24) is 5.32 Å². The Kier molecular flexibility index (Phi) is 2.11. The molecule has 1 N–H and O–H groups in total. The van der Waals surface area contributed by atoms with Crippen molar-refractivity contribution in [3.63, 3.8) is 0 Å². The molecule has 2 rings (SSSR count). The quantitative estimate of drug-likeness (QED) is 0.537. The molecule has 0 bridgehead atoms. The van der Waals surface area contributed by atoms with Crippen LogP contribution in [0.5, 0.6) is 0 Å². The first-order chi connectivity index (χ1) is 5.41. The van der Waals surface area contributed by atoms with Crippen LogP contribution in [-0.2, 0) is 9.47 Å². The predicted molar refractivity (Wildman–Crippen MR) is 41.6 cm³/mol. The van der Waals surface area contributed by atoms with Gasteiger partial charge in [-0.25, -0.2) is 0 Å². The minimum absolute atomic E-state index is 0.417. The van der Waals surface area contributed by atoms with Crippen molar-refractivity contribution in [3.8, 4) is 0 Å². The number of hydrogen-bond donors (Lipinski definition) is 1. The van der Waals surface area contributed by atoms with E-state index in [1.807, 2.05) is 0 Å². The first kappa shape index (κ1) is 7.53. The molecule has 0 atom stereocenters. The average molecular weight is 157 g/mol. The van der Waals surface area contributed by atoms with Gasteiger partial charge in [0.1, 0.15) is 0 Å². The van der Waals surface area contributed by atoms with Crippen molar-refractivity contribution in [2.24, 2.45) is 5.41 Å². The lowest BCUT2D eigenvalue weighted by Gasteiger charge is -2.43. The molecule has 0 aromatic rings. The molecule has 3 nitrogen and oxygen atoms in total. The van der Waals surface area contributed by atoms with Crippen LogP contribution < -0.4 is 5.32 Å². The summed E-state index contributed by atoms with van der Waals surface area (Å²) < 4.78 is 10.8. The maximum Gasteiger partial charge on any atom is 0.0700 e. The summed E-state index contributed by atoms with van der Waals surface area (Å²) in [5, 5.41) is 3.28. The molecule has 11 heavy (non-hydrogen) atoms. The van der Waals surface area contributed by atoms with E-state index < -0.39 is 0 Å². The molecule has 1 spiro atoms. The fraction of sp³-hybridized carbons (Fsp3) is 1.00. The third-order valence-electron chi connectivity index (χ3n) is 2.56. The third kappa shape index (κ3) is 1.55. The van der Waals surface area contributed by atoms with Crippen molar-refractivity contribution >= 4 is 0 Å². The molecule has 0 saturated carbocycles. The Hall–Kier alpha value is -0.120. The summed E-state index contributed by atoms with van der Waals surface area (Å²) >= 11 is 0. The topological polar surface area (TPSA) is 30.5 Å². The molecule has 0 radical (unpaired) electrons. The Morgan fingerprint density at radius 3 is 2.55 bits per heavy atom. The summed E-state index contributed by atoms with van der Waals surface area (Å²) in [6, 6.07) is 0. The van der Waals surface area contributed by atoms with E-state index in [1.165, 1.54) is 0 Å². The van der Waals surface area contributed by atoms with E-state index >= 15 is 0 Å². The molecule has 0 aliphatic carbocycles. The van der Waals surface area contributed by atoms with Gasteiger partial charge >= 0.3 is 0 Å².